The summed E-state index contributed by atoms with van der Waals surface area (Å²) in [4.78, 5) is 13.2. The van der Waals surface area contributed by atoms with Gasteiger partial charge >= 0.3 is 0 Å². The van der Waals surface area contributed by atoms with Crippen molar-refractivity contribution in [2.75, 3.05) is 5.75 Å². The van der Waals surface area contributed by atoms with E-state index in [0.717, 1.165) is 17.6 Å². The molecule has 1 amide bonds. The number of carbonyl (C=O) groups is 1. The Balaban J connectivity index is 1.38. The van der Waals surface area contributed by atoms with Gasteiger partial charge in [-0.25, -0.2) is 0 Å². The van der Waals surface area contributed by atoms with Crippen LogP contribution < -0.4 is 5.32 Å². The molecule has 2 aliphatic carbocycles. The molecular formula is C17H23NOS. The number of carbonyl (C=O) groups excluding carboxylic acids is 1. The summed E-state index contributed by atoms with van der Waals surface area (Å²) in [5.41, 5.74) is 1.28. The highest BCUT2D eigenvalue weighted by molar-refractivity contribution is 7.99. The van der Waals surface area contributed by atoms with Gasteiger partial charge in [0.25, 0.3) is 0 Å². The van der Waals surface area contributed by atoms with Crippen LogP contribution in [0.5, 0.6) is 0 Å². The fourth-order valence-corrected chi connectivity index (χ4v) is 4.45. The predicted octanol–water partition coefficient (Wildman–Crippen LogP) is 3.78. The average molecular weight is 289 g/mol. The molecule has 108 valence electrons. The number of thioether (sulfide) groups is 1. The maximum absolute atomic E-state index is 12.0. The number of hydrogen-bond donors (Lipinski definition) is 1. The topological polar surface area (TPSA) is 29.1 Å². The molecule has 2 saturated carbocycles. The Morgan fingerprint density at radius 2 is 2.05 bits per heavy atom. The van der Waals surface area contributed by atoms with E-state index in [1.807, 2.05) is 0 Å². The summed E-state index contributed by atoms with van der Waals surface area (Å²) < 4.78 is 0. The van der Waals surface area contributed by atoms with Gasteiger partial charge in [0.1, 0.15) is 0 Å². The molecule has 0 unspecified atom stereocenters. The Labute approximate surface area is 125 Å². The van der Waals surface area contributed by atoms with Crippen molar-refractivity contribution >= 4 is 17.7 Å². The van der Waals surface area contributed by atoms with E-state index in [0.29, 0.717) is 12.5 Å². The van der Waals surface area contributed by atoms with Crippen LogP contribution in [0.2, 0.25) is 0 Å². The summed E-state index contributed by atoms with van der Waals surface area (Å²) in [5.74, 6) is 2.78. The van der Waals surface area contributed by atoms with E-state index in [-0.39, 0.29) is 5.91 Å². The largest absolute Gasteiger partial charge is 0.353 e. The first-order chi connectivity index (χ1) is 9.70. The van der Waals surface area contributed by atoms with Crippen LogP contribution in [-0.2, 0) is 4.79 Å². The molecule has 0 saturated heterocycles. The highest BCUT2D eigenvalue weighted by Crippen LogP contribution is 2.44. The lowest BCUT2D eigenvalue weighted by Crippen LogP contribution is -2.38. The molecular weight excluding hydrogens is 266 g/mol. The van der Waals surface area contributed by atoms with E-state index in [9.17, 15) is 4.79 Å². The van der Waals surface area contributed by atoms with Crippen LogP contribution in [0.15, 0.2) is 29.2 Å². The summed E-state index contributed by atoms with van der Waals surface area (Å²) in [6.45, 7) is 2.09. The van der Waals surface area contributed by atoms with Gasteiger partial charge in [-0.1, -0.05) is 24.1 Å². The lowest BCUT2D eigenvalue weighted by Gasteiger charge is -2.22. The van der Waals surface area contributed by atoms with E-state index >= 15 is 0 Å². The lowest BCUT2D eigenvalue weighted by molar-refractivity contribution is -0.121. The first-order valence-corrected chi connectivity index (χ1v) is 8.68. The van der Waals surface area contributed by atoms with Crippen molar-refractivity contribution in [3.8, 4) is 0 Å². The monoisotopic (exact) mass is 289 g/mol. The molecule has 2 aliphatic rings. The average Bonchev–Trinajstić information content (AvgIpc) is 3.03. The Morgan fingerprint density at radius 1 is 1.25 bits per heavy atom. The van der Waals surface area contributed by atoms with E-state index < -0.39 is 0 Å². The van der Waals surface area contributed by atoms with Crippen molar-refractivity contribution in [2.24, 2.45) is 11.8 Å². The number of hydrogen-bond acceptors (Lipinski definition) is 2. The minimum absolute atomic E-state index is 0.238. The smallest absolute Gasteiger partial charge is 0.221 e. The van der Waals surface area contributed by atoms with E-state index in [1.165, 1.54) is 36.1 Å². The van der Waals surface area contributed by atoms with Gasteiger partial charge in [-0.15, -0.1) is 11.8 Å². The second-order valence-corrected chi connectivity index (χ2v) is 7.43. The maximum Gasteiger partial charge on any atom is 0.221 e. The van der Waals surface area contributed by atoms with Crippen LogP contribution in [-0.4, -0.2) is 17.7 Å². The summed E-state index contributed by atoms with van der Waals surface area (Å²) in [5, 5.41) is 3.25. The van der Waals surface area contributed by atoms with Crippen molar-refractivity contribution in [3.05, 3.63) is 29.8 Å². The van der Waals surface area contributed by atoms with Crippen LogP contribution in [0.25, 0.3) is 0 Å². The molecule has 1 aromatic rings. The maximum atomic E-state index is 12.0. The minimum Gasteiger partial charge on any atom is -0.353 e. The summed E-state index contributed by atoms with van der Waals surface area (Å²) in [6, 6.07) is 8.99. The molecule has 2 nitrogen and oxygen atoms in total. The van der Waals surface area contributed by atoms with E-state index in [1.54, 1.807) is 11.8 Å². The van der Waals surface area contributed by atoms with E-state index in [2.05, 4.69) is 36.5 Å². The zero-order valence-corrected chi connectivity index (χ0v) is 12.9. The minimum atomic E-state index is 0.238. The molecule has 3 heteroatoms. The summed E-state index contributed by atoms with van der Waals surface area (Å²) in [7, 11) is 0. The Kier molecular flexibility index (Phi) is 4.35. The number of nitrogens with one attached hydrogen (secondary N) is 1. The highest BCUT2D eigenvalue weighted by Gasteiger charge is 2.39. The second-order valence-electron chi connectivity index (χ2n) is 6.26. The fourth-order valence-electron chi connectivity index (χ4n) is 3.60. The zero-order chi connectivity index (χ0) is 13.9. The molecule has 1 N–H and O–H groups in total. The van der Waals surface area contributed by atoms with Crippen molar-refractivity contribution in [1.82, 2.24) is 5.32 Å². The third kappa shape index (κ3) is 3.38. The molecule has 2 bridgehead atoms. The standard InChI is InChI=1S/C17H23NOS/c1-12-2-6-15(7-3-12)20-9-8-17(19)18-16-11-13-4-5-14(16)10-13/h2-3,6-7,13-14,16H,4-5,8-11H2,1H3,(H,18,19)/t13-,14+,16-/m1/s1. The lowest BCUT2D eigenvalue weighted by atomic mass is 9.95. The second kappa shape index (κ2) is 6.21. The van der Waals surface area contributed by atoms with Crippen molar-refractivity contribution in [3.63, 3.8) is 0 Å². The molecule has 0 aromatic heterocycles. The fraction of sp³-hybridized carbons (Fsp3) is 0.588. The molecule has 3 rings (SSSR count). The number of aryl methyl sites for hydroxylation is 1. The van der Waals surface area contributed by atoms with Gasteiger partial charge in [0, 0.05) is 23.1 Å². The van der Waals surface area contributed by atoms with Gasteiger partial charge in [-0.3, -0.25) is 4.79 Å². The third-order valence-corrected chi connectivity index (χ3v) is 5.72. The van der Waals surface area contributed by atoms with Crippen molar-refractivity contribution in [1.29, 1.82) is 0 Å². The van der Waals surface area contributed by atoms with Crippen molar-refractivity contribution in [2.45, 2.75) is 50.0 Å². The van der Waals surface area contributed by atoms with Crippen LogP contribution in [0, 0.1) is 18.8 Å². The Hall–Kier alpha value is -0.960. The van der Waals surface area contributed by atoms with Gasteiger partial charge in [0.2, 0.25) is 5.91 Å². The van der Waals surface area contributed by atoms with Gasteiger partial charge in [0.15, 0.2) is 0 Å². The van der Waals surface area contributed by atoms with Crippen LogP contribution in [0.3, 0.4) is 0 Å². The van der Waals surface area contributed by atoms with Crippen molar-refractivity contribution < 1.29 is 4.79 Å². The first kappa shape index (κ1) is 14.0. The normalized spacial score (nSPS) is 27.8. The van der Waals surface area contributed by atoms with Gasteiger partial charge < -0.3 is 5.32 Å². The first-order valence-electron chi connectivity index (χ1n) is 7.69. The predicted molar refractivity (Wildman–Crippen MR) is 83.9 cm³/mol. The third-order valence-electron chi connectivity index (χ3n) is 4.70. The number of amides is 1. The Morgan fingerprint density at radius 3 is 2.70 bits per heavy atom. The Bertz CT molecular complexity index is 470. The van der Waals surface area contributed by atoms with Gasteiger partial charge in [-0.05, 0) is 50.2 Å². The van der Waals surface area contributed by atoms with Crippen LogP contribution in [0.4, 0.5) is 0 Å². The molecule has 3 atom stereocenters. The number of benzene rings is 1. The van der Waals surface area contributed by atoms with Gasteiger partial charge in [0.05, 0.1) is 0 Å². The molecule has 0 heterocycles. The molecule has 2 fully saturated rings. The number of rotatable bonds is 5. The van der Waals surface area contributed by atoms with Crippen LogP contribution >= 0.6 is 11.8 Å². The molecule has 20 heavy (non-hydrogen) atoms. The highest BCUT2D eigenvalue weighted by atomic mass is 32.2. The van der Waals surface area contributed by atoms with Crippen LogP contribution in [0.1, 0.15) is 37.7 Å². The SMILES string of the molecule is Cc1ccc(SCCC(=O)N[C@@H]2C[C@@H]3CC[C@H]2C3)cc1. The van der Waals surface area contributed by atoms with E-state index in [4.69, 9.17) is 0 Å². The zero-order valence-electron chi connectivity index (χ0n) is 12.1. The molecule has 1 aromatic carbocycles. The van der Waals surface area contributed by atoms with Gasteiger partial charge in [-0.2, -0.15) is 0 Å². The summed E-state index contributed by atoms with van der Waals surface area (Å²) >= 11 is 1.77. The summed E-state index contributed by atoms with van der Waals surface area (Å²) in [6.07, 6.45) is 5.92. The molecule has 0 radical (unpaired) electrons. The quantitative estimate of drug-likeness (QED) is 0.836. The molecule has 0 spiro atoms. The molecule has 0 aliphatic heterocycles. The number of fused-ring (bicyclic) bond motifs is 2.